The van der Waals surface area contributed by atoms with Crippen molar-refractivity contribution in [3.63, 3.8) is 0 Å². The predicted octanol–water partition coefficient (Wildman–Crippen LogP) is 4.98. The van der Waals surface area contributed by atoms with Gasteiger partial charge >= 0.3 is 6.18 Å². The average Bonchev–Trinajstić information content (AvgIpc) is 3.18. The first kappa shape index (κ1) is 20.7. The van der Waals surface area contributed by atoms with Crippen molar-refractivity contribution < 1.29 is 17.9 Å². The molecule has 0 bridgehead atoms. The van der Waals surface area contributed by atoms with Crippen molar-refractivity contribution in [2.24, 2.45) is 0 Å². The van der Waals surface area contributed by atoms with Gasteiger partial charge in [0.15, 0.2) is 5.16 Å². The van der Waals surface area contributed by atoms with Crippen LogP contribution in [0.15, 0.2) is 59.8 Å². The molecule has 0 radical (unpaired) electrons. The summed E-state index contributed by atoms with van der Waals surface area (Å²) in [6.07, 6.45) is -4.34. The number of halogens is 3. The molecule has 0 spiro atoms. The predicted molar refractivity (Wildman–Crippen MR) is 110 cm³/mol. The number of nitrogens with zero attached hydrogens (tertiary/aromatic N) is 4. The van der Waals surface area contributed by atoms with Crippen LogP contribution in [0.5, 0.6) is 0 Å². The van der Waals surface area contributed by atoms with E-state index in [0.717, 1.165) is 42.4 Å². The van der Waals surface area contributed by atoms with Crippen LogP contribution in [0.25, 0.3) is 5.69 Å². The van der Waals surface area contributed by atoms with Crippen LogP contribution in [0.1, 0.15) is 23.3 Å². The molecule has 0 N–H and O–H groups in total. The molecule has 0 amide bonds. The number of morpholine rings is 1. The lowest BCUT2D eigenvalue weighted by Gasteiger charge is -2.28. The Hall–Kier alpha value is -2.52. The maximum Gasteiger partial charge on any atom is 0.416 e. The summed E-state index contributed by atoms with van der Waals surface area (Å²) in [5, 5.41) is 9.42. The van der Waals surface area contributed by atoms with Crippen molar-refractivity contribution in [3.05, 3.63) is 65.7 Å². The van der Waals surface area contributed by atoms with E-state index in [1.807, 2.05) is 41.8 Å². The molecule has 1 atom stereocenters. The highest BCUT2D eigenvalue weighted by Gasteiger charge is 2.30. The smallest absolute Gasteiger partial charge is 0.378 e. The van der Waals surface area contributed by atoms with Crippen molar-refractivity contribution in [3.8, 4) is 5.69 Å². The van der Waals surface area contributed by atoms with E-state index in [1.165, 1.54) is 23.9 Å². The standard InChI is InChI=1S/C21H21F3N4OS/c1-15(16-7-9-17(10-8-16)21(22,23)24)30-20-26-25-19(27-11-13-29-14-12-27)28(20)18-5-3-2-4-6-18/h2-10,15H,11-14H2,1H3. The second kappa shape index (κ2) is 8.69. The second-order valence-corrected chi connectivity index (χ2v) is 8.24. The minimum atomic E-state index is -4.34. The summed E-state index contributed by atoms with van der Waals surface area (Å²) < 4.78 is 46.0. The second-order valence-electron chi connectivity index (χ2n) is 6.93. The van der Waals surface area contributed by atoms with Crippen LogP contribution in [-0.4, -0.2) is 41.1 Å². The zero-order valence-electron chi connectivity index (χ0n) is 16.3. The van der Waals surface area contributed by atoms with Gasteiger partial charge in [-0.3, -0.25) is 4.57 Å². The van der Waals surface area contributed by atoms with Crippen molar-refractivity contribution in [1.29, 1.82) is 0 Å². The maximum absolute atomic E-state index is 12.8. The van der Waals surface area contributed by atoms with Crippen LogP contribution in [0.3, 0.4) is 0 Å². The first-order chi connectivity index (χ1) is 14.4. The van der Waals surface area contributed by atoms with E-state index < -0.39 is 11.7 Å². The number of ether oxygens (including phenoxy) is 1. The van der Waals surface area contributed by atoms with Crippen molar-refractivity contribution in [2.45, 2.75) is 23.5 Å². The Labute approximate surface area is 176 Å². The van der Waals surface area contributed by atoms with E-state index in [4.69, 9.17) is 4.74 Å². The van der Waals surface area contributed by atoms with Crippen LogP contribution in [0.4, 0.5) is 19.1 Å². The highest BCUT2D eigenvalue weighted by molar-refractivity contribution is 7.99. The summed E-state index contributed by atoms with van der Waals surface area (Å²) in [5.74, 6) is 0.742. The van der Waals surface area contributed by atoms with Crippen LogP contribution < -0.4 is 4.90 Å². The highest BCUT2D eigenvalue weighted by atomic mass is 32.2. The average molecular weight is 434 g/mol. The fraction of sp³-hybridized carbons (Fsp3) is 0.333. The lowest BCUT2D eigenvalue weighted by Crippen LogP contribution is -2.37. The van der Waals surface area contributed by atoms with Crippen LogP contribution in [0.2, 0.25) is 0 Å². The van der Waals surface area contributed by atoms with Crippen molar-refractivity contribution in [1.82, 2.24) is 14.8 Å². The monoisotopic (exact) mass is 434 g/mol. The van der Waals surface area contributed by atoms with Crippen molar-refractivity contribution in [2.75, 3.05) is 31.2 Å². The van der Waals surface area contributed by atoms with Gasteiger partial charge in [-0.25, -0.2) is 0 Å². The number of aromatic nitrogens is 3. The Bertz CT molecular complexity index is 970. The Morgan fingerprint density at radius 2 is 1.63 bits per heavy atom. The molecule has 1 aliphatic heterocycles. The number of hydrogen-bond acceptors (Lipinski definition) is 5. The molecular formula is C21H21F3N4OS. The molecule has 4 rings (SSSR count). The Kier molecular flexibility index (Phi) is 6.01. The number of alkyl halides is 3. The summed E-state index contributed by atoms with van der Waals surface area (Å²) in [4.78, 5) is 2.14. The summed E-state index contributed by atoms with van der Waals surface area (Å²) in [5.41, 5.74) is 1.08. The molecule has 1 aliphatic rings. The first-order valence-electron chi connectivity index (χ1n) is 9.61. The van der Waals surface area contributed by atoms with Gasteiger partial charge in [0.2, 0.25) is 5.95 Å². The molecule has 0 saturated carbocycles. The molecule has 9 heteroatoms. The minimum absolute atomic E-state index is 0.100. The van der Waals surface area contributed by atoms with Gasteiger partial charge in [-0.2, -0.15) is 13.2 Å². The van der Waals surface area contributed by atoms with E-state index in [0.29, 0.717) is 18.4 Å². The maximum atomic E-state index is 12.8. The normalized spacial score (nSPS) is 15.9. The van der Waals surface area contributed by atoms with Gasteiger partial charge in [-0.05, 0) is 36.8 Å². The fourth-order valence-electron chi connectivity index (χ4n) is 3.28. The molecule has 30 heavy (non-hydrogen) atoms. The summed E-state index contributed by atoms with van der Waals surface area (Å²) in [7, 11) is 0. The molecule has 5 nitrogen and oxygen atoms in total. The molecule has 1 fully saturated rings. The molecule has 0 aliphatic carbocycles. The van der Waals surface area contributed by atoms with Gasteiger partial charge in [-0.15, -0.1) is 10.2 Å². The molecule has 1 aromatic heterocycles. The molecule has 158 valence electrons. The molecular weight excluding hydrogens is 413 g/mol. The first-order valence-corrected chi connectivity index (χ1v) is 10.5. The van der Waals surface area contributed by atoms with Gasteiger partial charge in [0.05, 0.1) is 24.5 Å². The van der Waals surface area contributed by atoms with Gasteiger partial charge in [0.25, 0.3) is 0 Å². The van der Waals surface area contributed by atoms with Gasteiger partial charge < -0.3 is 9.64 Å². The third-order valence-electron chi connectivity index (χ3n) is 4.91. The number of rotatable bonds is 5. The van der Waals surface area contributed by atoms with Gasteiger partial charge in [0.1, 0.15) is 0 Å². The zero-order valence-corrected chi connectivity index (χ0v) is 17.2. The third kappa shape index (κ3) is 4.46. The lowest BCUT2D eigenvalue weighted by atomic mass is 10.1. The van der Waals surface area contributed by atoms with Crippen LogP contribution in [-0.2, 0) is 10.9 Å². The Morgan fingerprint density at radius 1 is 0.967 bits per heavy atom. The molecule has 1 saturated heterocycles. The molecule has 2 aromatic carbocycles. The lowest BCUT2D eigenvalue weighted by molar-refractivity contribution is -0.137. The van der Waals surface area contributed by atoms with Crippen LogP contribution in [0, 0.1) is 0 Å². The van der Waals surface area contributed by atoms with E-state index >= 15 is 0 Å². The van der Waals surface area contributed by atoms with Gasteiger partial charge in [0, 0.05) is 18.3 Å². The van der Waals surface area contributed by atoms with Crippen molar-refractivity contribution >= 4 is 17.7 Å². The van der Waals surface area contributed by atoms with Gasteiger partial charge in [-0.1, -0.05) is 42.1 Å². The number of para-hydroxylation sites is 1. The molecule has 3 aromatic rings. The van der Waals surface area contributed by atoms with Crippen LogP contribution >= 0.6 is 11.8 Å². The Balaban J connectivity index is 1.63. The van der Waals surface area contributed by atoms with E-state index in [-0.39, 0.29) is 5.25 Å². The number of thioether (sulfide) groups is 1. The third-order valence-corrected chi connectivity index (χ3v) is 6.01. The molecule has 2 heterocycles. The summed E-state index contributed by atoms with van der Waals surface area (Å²) in [6, 6.07) is 15.1. The minimum Gasteiger partial charge on any atom is -0.378 e. The number of benzene rings is 2. The number of anilines is 1. The summed E-state index contributed by atoms with van der Waals surface area (Å²) in [6.45, 7) is 4.66. The quantitative estimate of drug-likeness (QED) is 0.530. The largest absolute Gasteiger partial charge is 0.416 e. The highest BCUT2D eigenvalue weighted by Crippen LogP contribution is 2.38. The summed E-state index contributed by atoms with van der Waals surface area (Å²) >= 11 is 1.47. The van der Waals surface area contributed by atoms with E-state index in [9.17, 15) is 13.2 Å². The molecule has 1 unspecified atom stereocenters. The topological polar surface area (TPSA) is 43.2 Å². The zero-order chi connectivity index (χ0) is 21.1. The van der Waals surface area contributed by atoms with E-state index in [2.05, 4.69) is 15.1 Å². The number of hydrogen-bond donors (Lipinski definition) is 0. The van der Waals surface area contributed by atoms with E-state index in [1.54, 1.807) is 0 Å². The fourth-order valence-corrected chi connectivity index (χ4v) is 4.27. The Morgan fingerprint density at radius 3 is 2.27 bits per heavy atom. The SMILES string of the molecule is CC(Sc1nnc(N2CCOCC2)n1-c1ccccc1)c1ccc(C(F)(F)F)cc1.